The van der Waals surface area contributed by atoms with Crippen LogP contribution in [0.5, 0.6) is 0 Å². The van der Waals surface area contributed by atoms with E-state index in [0.717, 1.165) is 28.5 Å². The number of unbranched alkanes of at least 4 members (excludes halogenated alkanes) is 1. The lowest BCUT2D eigenvalue weighted by Crippen LogP contribution is -2.32. The van der Waals surface area contributed by atoms with Crippen molar-refractivity contribution in [2.75, 3.05) is 13.1 Å². The van der Waals surface area contributed by atoms with Crippen LogP contribution in [-0.2, 0) is 0 Å². The summed E-state index contributed by atoms with van der Waals surface area (Å²) in [5.74, 6) is 0.0731. The van der Waals surface area contributed by atoms with Crippen LogP contribution < -0.4 is 0 Å². The molecule has 0 heterocycles. The molecule has 0 unspecified atom stereocenters. The quantitative estimate of drug-likeness (QED) is 0.413. The van der Waals surface area contributed by atoms with E-state index in [9.17, 15) is 4.79 Å². The predicted octanol–water partition coefficient (Wildman–Crippen LogP) is 3.89. The molecule has 0 spiro atoms. The van der Waals surface area contributed by atoms with Gasteiger partial charge in [0.25, 0.3) is 5.91 Å². The van der Waals surface area contributed by atoms with Crippen LogP contribution in [0.1, 0.15) is 23.2 Å². The van der Waals surface area contributed by atoms with E-state index < -0.39 is 0 Å². The van der Waals surface area contributed by atoms with Gasteiger partial charge in [0.2, 0.25) is 0 Å². The van der Waals surface area contributed by atoms with Gasteiger partial charge in [-0.2, -0.15) is 0 Å². The molecule has 0 fully saturated rings. The van der Waals surface area contributed by atoms with Crippen molar-refractivity contribution in [2.45, 2.75) is 12.8 Å². The van der Waals surface area contributed by atoms with Gasteiger partial charge in [-0.15, -0.1) is 13.2 Å². The van der Waals surface area contributed by atoms with Crippen LogP contribution in [0.4, 0.5) is 0 Å². The molecule has 0 N–H and O–H groups in total. The number of allylic oxidation sites excluding steroid dienone is 1. The Labute approximate surface area is 123 Å². The number of amides is 1. The number of benzene rings is 1. The number of halogens is 1. The second-order valence-corrected chi connectivity index (χ2v) is 5.11. The molecule has 1 aromatic rings. The molecule has 0 aliphatic heterocycles. The molecule has 0 saturated carbocycles. The van der Waals surface area contributed by atoms with Crippen molar-refractivity contribution >= 4 is 28.5 Å². The minimum absolute atomic E-state index is 0.0731. The minimum atomic E-state index is 0.0731. The molecule has 0 saturated heterocycles. The van der Waals surface area contributed by atoms with Crippen molar-refractivity contribution < 1.29 is 4.79 Å². The number of hydrogen-bond acceptors (Lipinski definition) is 1. The van der Waals surface area contributed by atoms with Crippen LogP contribution in [0.15, 0.2) is 49.6 Å². The van der Waals surface area contributed by atoms with Crippen molar-refractivity contribution in [1.29, 1.82) is 0 Å². The molecule has 1 rings (SSSR count). The smallest absolute Gasteiger partial charge is 0.255 e. The standard InChI is InChI=1S/C15H18INO/c1-3-5-8-12-17(11-4-2)15(18)13-9-6-7-10-14(13)16/h3-4,6-7,9-10H,1-2,5,8,11-12H2. The maximum Gasteiger partial charge on any atom is 0.255 e. The summed E-state index contributed by atoms with van der Waals surface area (Å²) < 4.78 is 0.984. The lowest BCUT2D eigenvalue weighted by atomic mass is 10.2. The summed E-state index contributed by atoms with van der Waals surface area (Å²) in [4.78, 5) is 14.2. The highest BCUT2D eigenvalue weighted by Crippen LogP contribution is 2.14. The molecule has 18 heavy (non-hydrogen) atoms. The maximum atomic E-state index is 12.4. The summed E-state index contributed by atoms with van der Waals surface area (Å²) in [7, 11) is 0. The first-order valence-electron chi connectivity index (χ1n) is 5.96. The fourth-order valence-electron chi connectivity index (χ4n) is 1.66. The van der Waals surface area contributed by atoms with E-state index in [4.69, 9.17) is 0 Å². The van der Waals surface area contributed by atoms with Crippen molar-refractivity contribution in [1.82, 2.24) is 4.90 Å². The molecule has 0 atom stereocenters. The highest BCUT2D eigenvalue weighted by Gasteiger charge is 2.16. The molecular formula is C15H18INO. The predicted molar refractivity (Wildman–Crippen MR) is 84.7 cm³/mol. The number of carbonyl (C=O) groups is 1. The molecular weight excluding hydrogens is 337 g/mol. The van der Waals surface area contributed by atoms with E-state index in [1.807, 2.05) is 35.2 Å². The lowest BCUT2D eigenvalue weighted by molar-refractivity contribution is 0.0771. The zero-order valence-electron chi connectivity index (χ0n) is 10.4. The monoisotopic (exact) mass is 355 g/mol. The minimum Gasteiger partial charge on any atom is -0.335 e. The largest absolute Gasteiger partial charge is 0.335 e. The second kappa shape index (κ2) is 8.08. The Balaban J connectivity index is 2.78. The Kier molecular flexibility index (Phi) is 6.72. The van der Waals surface area contributed by atoms with Crippen LogP contribution in [-0.4, -0.2) is 23.9 Å². The Bertz CT molecular complexity index is 428. The Morgan fingerprint density at radius 1 is 1.28 bits per heavy atom. The Hall–Kier alpha value is -1.10. The van der Waals surface area contributed by atoms with E-state index in [1.54, 1.807) is 6.08 Å². The first kappa shape index (κ1) is 15.0. The Morgan fingerprint density at radius 3 is 2.61 bits per heavy atom. The molecule has 0 bridgehead atoms. The van der Waals surface area contributed by atoms with Gasteiger partial charge in [0.1, 0.15) is 0 Å². The fraction of sp³-hybridized carbons (Fsp3) is 0.267. The molecule has 1 aromatic carbocycles. The first-order valence-corrected chi connectivity index (χ1v) is 7.04. The topological polar surface area (TPSA) is 20.3 Å². The van der Waals surface area contributed by atoms with Gasteiger partial charge in [-0.05, 0) is 47.6 Å². The molecule has 1 amide bonds. The van der Waals surface area contributed by atoms with Gasteiger partial charge in [-0.25, -0.2) is 0 Å². The summed E-state index contributed by atoms with van der Waals surface area (Å²) in [6, 6.07) is 7.65. The molecule has 0 aliphatic rings. The summed E-state index contributed by atoms with van der Waals surface area (Å²) in [5, 5.41) is 0. The van der Waals surface area contributed by atoms with Crippen molar-refractivity contribution in [3.63, 3.8) is 0 Å². The Morgan fingerprint density at radius 2 is 2.00 bits per heavy atom. The summed E-state index contributed by atoms with van der Waals surface area (Å²) in [6.45, 7) is 8.73. The van der Waals surface area contributed by atoms with Crippen LogP contribution in [0.3, 0.4) is 0 Å². The molecule has 0 aliphatic carbocycles. The molecule has 0 radical (unpaired) electrons. The van der Waals surface area contributed by atoms with E-state index in [2.05, 4.69) is 35.7 Å². The van der Waals surface area contributed by atoms with Gasteiger partial charge in [0, 0.05) is 16.7 Å². The van der Waals surface area contributed by atoms with Crippen LogP contribution in [0.25, 0.3) is 0 Å². The number of carbonyl (C=O) groups excluding carboxylic acids is 1. The highest BCUT2D eigenvalue weighted by atomic mass is 127. The van der Waals surface area contributed by atoms with Crippen molar-refractivity contribution in [2.24, 2.45) is 0 Å². The van der Waals surface area contributed by atoms with Gasteiger partial charge >= 0.3 is 0 Å². The summed E-state index contributed by atoms with van der Waals surface area (Å²) >= 11 is 2.19. The normalized spacial score (nSPS) is 9.83. The highest BCUT2D eigenvalue weighted by molar-refractivity contribution is 14.1. The third-order valence-electron chi connectivity index (χ3n) is 2.58. The molecule has 2 nitrogen and oxygen atoms in total. The molecule has 0 aromatic heterocycles. The van der Waals surface area contributed by atoms with Gasteiger partial charge < -0.3 is 4.90 Å². The van der Waals surface area contributed by atoms with Gasteiger partial charge in [0.15, 0.2) is 0 Å². The molecule has 3 heteroatoms. The third kappa shape index (κ3) is 4.29. The number of nitrogens with zero attached hydrogens (tertiary/aromatic N) is 1. The van der Waals surface area contributed by atoms with Crippen LogP contribution in [0.2, 0.25) is 0 Å². The average molecular weight is 355 g/mol. The van der Waals surface area contributed by atoms with E-state index in [0.29, 0.717) is 6.54 Å². The number of hydrogen-bond donors (Lipinski definition) is 0. The first-order chi connectivity index (χ1) is 8.70. The third-order valence-corrected chi connectivity index (χ3v) is 3.52. The second-order valence-electron chi connectivity index (χ2n) is 3.95. The van der Waals surface area contributed by atoms with E-state index >= 15 is 0 Å². The summed E-state index contributed by atoms with van der Waals surface area (Å²) in [5.41, 5.74) is 0.763. The van der Waals surface area contributed by atoms with Crippen LogP contribution >= 0.6 is 22.6 Å². The zero-order valence-corrected chi connectivity index (χ0v) is 12.6. The lowest BCUT2D eigenvalue weighted by Gasteiger charge is -2.21. The fourth-order valence-corrected chi connectivity index (χ4v) is 2.28. The van der Waals surface area contributed by atoms with E-state index in [-0.39, 0.29) is 5.91 Å². The van der Waals surface area contributed by atoms with Crippen LogP contribution in [0, 0.1) is 3.57 Å². The SMILES string of the molecule is C=CCCCN(CC=C)C(=O)c1ccccc1I. The van der Waals surface area contributed by atoms with Gasteiger partial charge in [0.05, 0.1) is 5.56 Å². The number of rotatable bonds is 7. The van der Waals surface area contributed by atoms with E-state index in [1.165, 1.54) is 0 Å². The maximum absolute atomic E-state index is 12.4. The van der Waals surface area contributed by atoms with Crippen molar-refractivity contribution in [3.8, 4) is 0 Å². The van der Waals surface area contributed by atoms with Crippen molar-refractivity contribution in [3.05, 3.63) is 58.7 Å². The molecule has 96 valence electrons. The zero-order chi connectivity index (χ0) is 13.4. The average Bonchev–Trinajstić information content (AvgIpc) is 2.38. The van der Waals surface area contributed by atoms with Gasteiger partial charge in [-0.1, -0.05) is 24.3 Å². The van der Waals surface area contributed by atoms with Gasteiger partial charge in [-0.3, -0.25) is 4.79 Å². The summed E-state index contributed by atoms with van der Waals surface area (Å²) in [6.07, 6.45) is 5.50.